The van der Waals surface area contributed by atoms with Crippen molar-refractivity contribution in [3.8, 4) is 12.3 Å². The van der Waals surface area contributed by atoms with E-state index in [0.717, 1.165) is 5.56 Å². The summed E-state index contributed by atoms with van der Waals surface area (Å²) in [5.41, 5.74) is 5.75. The van der Waals surface area contributed by atoms with E-state index in [0.29, 0.717) is 12.4 Å². The summed E-state index contributed by atoms with van der Waals surface area (Å²) in [5, 5.41) is 12.9. The third kappa shape index (κ3) is 6.08. The Morgan fingerprint density at radius 2 is 2.11 bits per heavy atom. The number of terminal acetylenes is 1. The topological polar surface area (TPSA) is 71.2 Å². The molecule has 1 atom stereocenters. The van der Waals surface area contributed by atoms with Crippen LogP contribution in [0.25, 0.3) is 0 Å². The van der Waals surface area contributed by atoms with Crippen LogP contribution in [0.15, 0.2) is 18.3 Å². The molecule has 0 aliphatic carbocycles. The number of aromatic nitrogens is 1. The molecule has 1 aromatic heterocycles. The number of pyridine rings is 1. The summed E-state index contributed by atoms with van der Waals surface area (Å²) in [5.74, 6) is 3.04. The molecule has 4 N–H and O–H groups in total. The Hall–Kier alpha value is -0.990. The van der Waals surface area contributed by atoms with Crippen LogP contribution in [0.2, 0.25) is 0 Å². The number of hydrogen-bond acceptors (Lipinski definition) is 4. The molecule has 0 saturated heterocycles. The predicted molar refractivity (Wildman–Crippen MR) is 79.0 cm³/mol. The number of nitrogens with zero attached hydrogens (tertiary/aromatic N) is 1. The summed E-state index contributed by atoms with van der Waals surface area (Å²) in [6.45, 7) is 4.13. The SMILES string of the molecule is C#CC(C)(C)NC[C@H](O)c1ccc(N)nc1.Cl.Cl. The third-order valence-electron chi connectivity index (χ3n) is 2.29. The van der Waals surface area contributed by atoms with Crippen molar-refractivity contribution < 1.29 is 5.11 Å². The van der Waals surface area contributed by atoms with E-state index in [1.807, 2.05) is 13.8 Å². The predicted octanol–water partition coefficient (Wildman–Crippen LogP) is 1.54. The van der Waals surface area contributed by atoms with Crippen molar-refractivity contribution in [2.24, 2.45) is 0 Å². The van der Waals surface area contributed by atoms with Gasteiger partial charge in [-0.15, -0.1) is 31.2 Å². The van der Waals surface area contributed by atoms with Gasteiger partial charge < -0.3 is 10.8 Å². The van der Waals surface area contributed by atoms with Gasteiger partial charge in [0.1, 0.15) is 5.82 Å². The molecule has 0 radical (unpaired) electrons. The molecule has 18 heavy (non-hydrogen) atoms. The molecule has 102 valence electrons. The number of anilines is 1. The van der Waals surface area contributed by atoms with E-state index < -0.39 is 11.6 Å². The van der Waals surface area contributed by atoms with E-state index in [9.17, 15) is 5.11 Å². The molecule has 1 heterocycles. The summed E-state index contributed by atoms with van der Waals surface area (Å²) < 4.78 is 0. The molecule has 0 aliphatic rings. The van der Waals surface area contributed by atoms with Crippen LogP contribution in [0.5, 0.6) is 0 Å². The van der Waals surface area contributed by atoms with Crippen LogP contribution in [0.1, 0.15) is 25.5 Å². The zero-order valence-electron chi connectivity index (χ0n) is 10.4. The number of aliphatic hydroxyl groups excluding tert-OH is 1. The van der Waals surface area contributed by atoms with E-state index in [2.05, 4.69) is 16.2 Å². The monoisotopic (exact) mass is 291 g/mol. The molecule has 0 fully saturated rings. The summed E-state index contributed by atoms with van der Waals surface area (Å²) in [6.07, 6.45) is 6.25. The van der Waals surface area contributed by atoms with Crippen LogP contribution in [0.3, 0.4) is 0 Å². The normalized spacial score (nSPS) is 11.7. The van der Waals surface area contributed by atoms with Gasteiger partial charge in [0, 0.05) is 18.3 Å². The van der Waals surface area contributed by atoms with Gasteiger partial charge in [-0.3, -0.25) is 5.32 Å². The van der Waals surface area contributed by atoms with Crippen LogP contribution in [0.4, 0.5) is 5.82 Å². The molecule has 0 amide bonds. The maximum Gasteiger partial charge on any atom is 0.123 e. The Morgan fingerprint density at radius 1 is 1.50 bits per heavy atom. The molecule has 1 aromatic rings. The van der Waals surface area contributed by atoms with Crippen molar-refractivity contribution in [1.82, 2.24) is 10.3 Å². The molecule has 6 heteroatoms. The Bertz CT molecular complexity index is 387. The number of aliphatic hydroxyl groups is 1. The Morgan fingerprint density at radius 3 is 2.56 bits per heavy atom. The van der Waals surface area contributed by atoms with Crippen LogP contribution in [0, 0.1) is 12.3 Å². The molecule has 1 rings (SSSR count). The lowest BCUT2D eigenvalue weighted by Gasteiger charge is -2.22. The first-order valence-corrected chi connectivity index (χ1v) is 5.07. The van der Waals surface area contributed by atoms with Gasteiger partial charge in [0.2, 0.25) is 0 Å². The first-order chi connectivity index (χ1) is 7.44. The van der Waals surface area contributed by atoms with Gasteiger partial charge in [-0.05, 0) is 19.9 Å². The van der Waals surface area contributed by atoms with Gasteiger partial charge in [0.05, 0.1) is 11.6 Å². The summed E-state index contributed by atoms with van der Waals surface area (Å²) in [6, 6.07) is 3.41. The first-order valence-electron chi connectivity index (χ1n) is 5.07. The Kier molecular flexibility index (Phi) is 8.79. The second-order valence-corrected chi connectivity index (χ2v) is 4.18. The molecular formula is C12H19Cl2N3O. The fourth-order valence-electron chi connectivity index (χ4n) is 1.13. The lowest BCUT2D eigenvalue weighted by molar-refractivity contribution is 0.167. The van der Waals surface area contributed by atoms with E-state index >= 15 is 0 Å². The van der Waals surface area contributed by atoms with Crippen molar-refractivity contribution in [3.63, 3.8) is 0 Å². The molecular weight excluding hydrogens is 273 g/mol. The minimum absolute atomic E-state index is 0. The molecule has 4 nitrogen and oxygen atoms in total. The zero-order valence-corrected chi connectivity index (χ0v) is 12.0. The molecule has 0 spiro atoms. The van der Waals surface area contributed by atoms with Crippen molar-refractivity contribution >= 4 is 30.6 Å². The third-order valence-corrected chi connectivity index (χ3v) is 2.29. The maximum atomic E-state index is 9.86. The van der Waals surface area contributed by atoms with Crippen LogP contribution in [-0.4, -0.2) is 22.2 Å². The highest BCUT2D eigenvalue weighted by Crippen LogP contribution is 2.12. The number of nitrogens with two attached hydrogens (primary N) is 1. The molecule has 0 saturated carbocycles. The van der Waals surface area contributed by atoms with Gasteiger partial charge in [0.15, 0.2) is 0 Å². The molecule has 0 unspecified atom stereocenters. The molecule has 0 aliphatic heterocycles. The minimum Gasteiger partial charge on any atom is -0.387 e. The van der Waals surface area contributed by atoms with E-state index in [-0.39, 0.29) is 24.8 Å². The highest BCUT2D eigenvalue weighted by Gasteiger charge is 2.15. The highest BCUT2D eigenvalue weighted by molar-refractivity contribution is 5.85. The smallest absolute Gasteiger partial charge is 0.123 e. The average Bonchev–Trinajstić information content (AvgIpc) is 2.27. The quantitative estimate of drug-likeness (QED) is 0.736. The van der Waals surface area contributed by atoms with Gasteiger partial charge in [-0.2, -0.15) is 0 Å². The van der Waals surface area contributed by atoms with E-state index in [1.165, 1.54) is 0 Å². The maximum absolute atomic E-state index is 9.86. The van der Waals surface area contributed by atoms with Gasteiger partial charge >= 0.3 is 0 Å². The van der Waals surface area contributed by atoms with Crippen molar-refractivity contribution in [2.75, 3.05) is 12.3 Å². The lowest BCUT2D eigenvalue weighted by atomic mass is 10.1. The Balaban J connectivity index is 0. The summed E-state index contributed by atoms with van der Waals surface area (Å²) in [4.78, 5) is 3.91. The van der Waals surface area contributed by atoms with Crippen molar-refractivity contribution in [3.05, 3.63) is 23.9 Å². The van der Waals surface area contributed by atoms with E-state index in [1.54, 1.807) is 18.3 Å². The number of nitrogen functional groups attached to an aromatic ring is 1. The average molecular weight is 292 g/mol. The van der Waals surface area contributed by atoms with E-state index in [4.69, 9.17) is 12.2 Å². The Labute approximate surface area is 120 Å². The zero-order chi connectivity index (χ0) is 12.2. The molecule has 0 bridgehead atoms. The standard InChI is InChI=1S/C12H17N3O.2ClH/c1-4-12(2,3)15-8-10(16)9-5-6-11(13)14-7-9;;/h1,5-7,10,15-16H,8H2,2-3H3,(H2,13,14);2*1H/t10-;;/m0../s1. The minimum atomic E-state index is -0.638. The fourth-order valence-corrected chi connectivity index (χ4v) is 1.13. The van der Waals surface area contributed by atoms with Crippen molar-refractivity contribution in [2.45, 2.75) is 25.5 Å². The number of hydrogen-bond donors (Lipinski definition) is 3. The number of β-amino-alcohol motifs (C(OH)–C–C–N with tert-alkyl or cyclic N) is 1. The highest BCUT2D eigenvalue weighted by atomic mass is 35.5. The molecule has 0 aromatic carbocycles. The van der Waals surface area contributed by atoms with Crippen LogP contribution >= 0.6 is 24.8 Å². The van der Waals surface area contributed by atoms with Gasteiger partial charge in [-0.1, -0.05) is 12.0 Å². The summed E-state index contributed by atoms with van der Waals surface area (Å²) in [7, 11) is 0. The lowest BCUT2D eigenvalue weighted by Crippen LogP contribution is -2.40. The number of nitrogens with one attached hydrogen (secondary N) is 1. The van der Waals surface area contributed by atoms with Crippen molar-refractivity contribution in [1.29, 1.82) is 0 Å². The second kappa shape index (κ2) is 8.17. The van der Waals surface area contributed by atoms with Crippen LogP contribution in [-0.2, 0) is 0 Å². The second-order valence-electron chi connectivity index (χ2n) is 4.18. The number of halogens is 2. The fraction of sp³-hybridized carbons (Fsp3) is 0.417. The first kappa shape index (κ1) is 19.4. The van der Waals surface area contributed by atoms with Gasteiger partial charge in [-0.25, -0.2) is 4.98 Å². The van der Waals surface area contributed by atoms with Gasteiger partial charge in [0.25, 0.3) is 0 Å². The number of rotatable bonds is 4. The largest absolute Gasteiger partial charge is 0.387 e. The van der Waals surface area contributed by atoms with Crippen LogP contribution < -0.4 is 11.1 Å². The summed E-state index contributed by atoms with van der Waals surface area (Å²) >= 11 is 0.